The predicted molar refractivity (Wildman–Crippen MR) is 86.8 cm³/mol. The van der Waals surface area contributed by atoms with E-state index in [2.05, 4.69) is 9.73 Å². The Bertz CT molecular complexity index is 836. The third kappa shape index (κ3) is 4.41. The minimum atomic E-state index is -4.76. The fourth-order valence-electron chi connectivity index (χ4n) is 2.61. The molecule has 2 heterocycles. The number of thiazole rings is 1. The number of aromatic nitrogens is 1. The molecule has 5 nitrogen and oxygen atoms in total. The molecule has 25 heavy (non-hydrogen) atoms. The molecule has 1 fully saturated rings. The summed E-state index contributed by atoms with van der Waals surface area (Å²) in [6, 6.07) is 5.26. The average Bonchev–Trinajstić information content (AvgIpc) is 3.15. The monoisotopic (exact) mass is 371 g/mol. The van der Waals surface area contributed by atoms with Crippen LogP contribution in [0.3, 0.4) is 0 Å². The van der Waals surface area contributed by atoms with Crippen molar-refractivity contribution in [1.82, 2.24) is 9.47 Å². The molecule has 0 atom stereocenters. The Kier molecular flexibility index (Phi) is 4.85. The lowest BCUT2D eigenvalue weighted by Crippen LogP contribution is -2.27. The van der Waals surface area contributed by atoms with Crippen LogP contribution in [0.2, 0.25) is 0 Å². The Morgan fingerprint density at radius 3 is 2.68 bits per heavy atom. The van der Waals surface area contributed by atoms with Crippen LogP contribution in [0.15, 0.2) is 35.5 Å². The number of hydrogen-bond acceptors (Lipinski definition) is 3. The molecule has 0 aliphatic carbocycles. The van der Waals surface area contributed by atoms with Crippen molar-refractivity contribution < 1.29 is 22.7 Å². The maximum atomic E-state index is 12.4. The zero-order valence-electron chi connectivity index (χ0n) is 13.4. The minimum Gasteiger partial charge on any atom is -0.406 e. The number of amides is 2. The molecule has 134 valence electrons. The van der Waals surface area contributed by atoms with Gasteiger partial charge in [0.15, 0.2) is 4.80 Å². The largest absolute Gasteiger partial charge is 0.573 e. The molecule has 0 bridgehead atoms. The van der Waals surface area contributed by atoms with Crippen LogP contribution < -0.4 is 9.54 Å². The van der Waals surface area contributed by atoms with Crippen molar-refractivity contribution in [2.45, 2.75) is 26.1 Å². The second-order valence-corrected chi connectivity index (χ2v) is 6.84. The SMILES string of the molecule is Cc1cn(-c2cccc(OC(F)(F)F)c2)/c(=N/C(=O)N2CCCC2)s1. The van der Waals surface area contributed by atoms with Gasteiger partial charge in [-0.05, 0) is 31.9 Å². The van der Waals surface area contributed by atoms with Crippen LogP contribution in [0.5, 0.6) is 5.75 Å². The molecule has 1 aliphatic rings. The number of rotatable bonds is 2. The lowest BCUT2D eigenvalue weighted by molar-refractivity contribution is -0.274. The third-order valence-electron chi connectivity index (χ3n) is 3.67. The highest BCUT2D eigenvalue weighted by atomic mass is 32.1. The number of carbonyl (C=O) groups excluding carboxylic acids is 1. The second-order valence-electron chi connectivity index (χ2n) is 5.63. The van der Waals surface area contributed by atoms with Gasteiger partial charge in [-0.2, -0.15) is 4.99 Å². The fraction of sp³-hybridized carbons (Fsp3) is 0.375. The van der Waals surface area contributed by atoms with Crippen molar-refractivity contribution in [2.24, 2.45) is 4.99 Å². The molecule has 2 amide bonds. The molecule has 0 spiro atoms. The summed E-state index contributed by atoms with van der Waals surface area (Å²) in [5, 5.41) is 0. The number of alkyl halides is 3. The number of carbonyl (C=O) groups is 1. The summed E-state index contributed by atoms with van der Waals surface area (Å²) in [5.41, 5.74) is 0.444. The van der Waals surface area contributed by atoms with Crippen LogP contribution >= 0.6 is 11.3 Å². The molecule has 9 heteroatoms. The normalized spacial score (nSPS) is 15.7. The predicted octanol–water partition coefficient (Wildman–Crippen LogP) is 3.86. The lowest BCUT2D eigenvalue weighted by atomic mass is 10.3. The van der Waals surface area contributed by atoms with Crippen LogP contribution in [0, 0.1) is 6.92 Å². The average molecular weight is 371 g/mol. The Hall–Kier alpha value is -2.29. The van der Waals surface area contributed by atoms with Gasteiger partial charge in [0.1, 0.15) is 5.75 Å². The van der Waals surface area contributed by atoms with E-state index in [4.69, 9.17) is 0 Å². The number of halogens is 3. The molecule has 0 radical (unpaired) electrons. The molecule has 1 aromatic heterocycles. The van der Waals surface area contributed by atoms with E-state index in [0.29, 0.717) is 23.6 Å². The maximum absolute atomic E-state index is 12.4. The summed E-state index contributed by atoms with van der Waals surface area (Å²) < 4.78 is 42.8. The Morgan fingerprint density at radius 2 is 2.00 bits per heavy atom. The first kappa shape index (κ1) is 17.5. The molecule has 0 unspecified atom stereocenters. The highest BCUT2D eigenvalue weighted by Crippen LogP contribution is 2.24. The van der Waals surface area contributed by atoms with E-state index in [1.54, 1.807) is 21.7 Å². The first-order valence-electron chi connectivity index (χ1n) is 7.71. The number of ether oxygens (including phenoxy) is 1. The zero-order chi connectivity index (χ0) is 18.0. The maximum Gasteiger partial charge on any atom is 0.573 e. The number of urea groups is 1. The first-order valence-corrected chi connectivity index (χ1v) is 8.52. The van der Waals surface area contributed by atoms with Gasteiger partial charge < -0.3 is 9.64 Å². The summed E-state index contributed by atoms with van der Waals surface area (Å²) in [7, 11) is 0. The number of nitrogens with zero attached hydrogens (tertiary/aromatic N) is 3. The standard InChI is InChI=1S/C16H16F3N3O2S/c1-11-10-22(12-5-4-6-13(9-12)24-16(17,18)19)15(25-11)20-14(23)21-7-2-3-8-21/h4-6,9-10H,2-3,7-8H2,1H3/b20-15-. The van der Waals surface area contributed by atoms with Crippen molar-refractivity contribution in [3.05, 3.63) is 40.1 Å². The fourth-order valence-corrected chi connectivity index (χ4v) is 3.44. The summed E-state index contributed by atoms with van der Waals surface area (Å²) in [6.45, 7) is 3.21. The quantitative estimate of drug-likeness (QED) is 0.805. The zero-order valence-corrected chi connectivity index (χ0v) is 14.2. The van der Waals surface area contributed by atoms with Crippen molar-refractivity contribution >= 4 is 17.4 Å². The highest BCUT2D eigenvalue weighted by Gasteiger charge is 2.31. The van der Waals surface area contributed by atoms with Crippen molar-refractivity contribution in [2.75, 3.05) is 13.1 Å². The van der Waals surface area contributed by atoms with Gasteiger partial charge >= 0.3 is 12.4 Å². The smallest absolute Gasteiger partial charge is 0.406 e. The van der Waals surface area contributed by atoms with Gasteiger partial charge in [0.05, 0.1) is 5.69 Å². The van der Waals surface area contributed by atoms with E-state index >= 15 is 0 Å². The number of benzene rings is 1. The topological polar surface area (TPSA) is 46.8 Å². The minimum absolute atomic E-state index is 0.321. The van der Waals surface area contributed by atoms with Gasteiger partial charge in [-0.1, -0.05) is 6.07 Å². The van der Waals surface area contributed by atoms with Gasteiger partial charge in [0.2, 0.25) is 0 Å². The van der Waals surface area contributed by atoms with Gasteiger partial charge in [-0.15, -0.1) is 24.5 Å². The third-order valence-corrected chi connectivity index (χ3v) is 4.56. The van der Waals surface area contributed by atoms with E-state index < -0.39 is 6.36 Å². The van der Waals surface area contributed by atoms with Crippen LogP contribution in [0.4, 0.5) is 18.0 Å². The summed E-state index contributed by atoms with van der Waals surface area (Å²) in [4.78, 5) is 19.4. The Labute approximate surface area is 146 Å². The highest BCUT2D eigenvalue weighted by molar-refractivity contribution is 7.09. The number of likely N-dealkylation sites (tertiary alicyclic amines) is 1. The van der Waals surface area contributed by atoms with E-state index in [1.165, 1.54) is 29.5 Å². The van der Waals surface area contributed by atoms with E-state index in [-0.39, 0.29) is 11.8 Å². The second kappa shape index (κ2) is 6.91. The van der Waals surface area contributed by atoms with Crippen molar-refractivity contribution in [1.29, 1.82) is 0 Å². The molecular weight excluding hydrogens is 355 g/mol. The summed E-state index contributed by atoms with van der Waals surface area (Å²) in [5.74, 6) is -0.321. The lowest BCUT2D eigenvalue weighted by Gasteiger charge is -2.11. The summed E-state index contributed by atoms with van der Waals surface area (Å²) in [6.07, 6.45) is -1.11. The molecule has 3 rings (SSSR count). The molecule has 1 saturated heterocycles. The van der Waals surface area contributed by atoms with Crippen LogP contribution in [0.1, 0.15) is 17.7 Å². The number of aryl methyl sites for hydroxylation is 1. The van der Waals surface area contributed by atoms with E-state index in [1.807, 2.05) is 6.92 Å². The van der Waals surface area contributed by atoms with Crippen molar-refractivity contribution in [3.8, 4) is 11.4 Å². The summed E-state index contributed by atoms with van der Waals surface area (Å²) >= 11 is 1.30. The van der Waals surface area contributed by atoms with Crippen LogP contribution in [0.25, 0.3) is 5.69 Å². The van der Waals surface area contributed by atoms with Gasteiger partial charge in [0.25, 0.3) is 0 Å². The number of hydrogen-bond donors (Lipinski definition) is 0. The first-order chi connectivity index (χ1) is 11.8. The molecule has 1 aromatic carbocycles. The van der Waals surface area contributed by atoms with Crippen molar-refractivity contribution in [3.63, 3.8) is 0 Å². The van der Waals surface area contributed by atoms with E-state index in [0.717, 1.165) is 17.7 Å². The molecule has 2 aromatic rings. The molecule has 1 aliphatic heterocycles. The van der Waals surface area contributed by atoms with Crippen LogP contribution in [-0.4, -0.2) is 34.9 Å². The molecule has 0 N–H and O–H groups in total. The van der Waals surface area contributed by atoms with Gasteiger partial charge in [0, 0.05) is 30.2 Å². The van der Waals surface area contributed by atoms with Gasteiger partial charge in [-0.25, -0.2) is 4.79 Å². The Balaban J connectivity index is 1.95. The van der Waals surface area contributed by atoms with Crippen LogP contribution in [-0.2, 0) is 0 Å². The van der Waals surface area contributed by atoms with Gasteiger partial charge in [-0.3, -0.25) is 4.57 Å². The molecule has 0 saturated carbocycles. The Morgan fingerprint density at radius 1 is 1.28 bits per heavy atom. The van der Waals surface area contributed by atoms with E-state index in [9.17, 15) is 18.0 Å². The molecular formula is C16H16F3N3O2S.